The Bertz CT molecular complexity index is 2100. The first kappa shape index (κ1) is 29.7. The van der Waals surface area contributed by atoms with Gasteiger partial charge in [-0.3, -0.25) is 4.98 Å². The summed E-state index contributed by atoms with van der Waals surface area (Å²) in [5.41, 5.74) is 9.97. The molecule has 1 atom stereocenters. The van der Waals surface area contributed by atoms with Gasteiger partial charge in [-0.2, -0.15) is 0 Å². The van der Waals surface area contributed by atoms with Crippen LogP contribution in [0.4, 0.5) is 0 Å². The molecule has 1 aliphatic heterocycles. The molecule has 3 aromatic heterocycles. The molecule has 4 aromatic carbocycles. The summed E-state index contributed by atoms with van der Waals surface area (Å²) in [7, 11) is 0. The Labute approximate surface area is 271 Å². The summed E-state index contributed by atoms with van der Waals surface area (Å²) in [5, 5.41) is 2.23. The molecule has 1 unspecified atom stereocenters. The Morgan fingerprint density at radius 3 is 2.43 bits per heavy atom. The van der Waals surface area contributed by atoms with E-state index in [1.54, 1.807) is 6.20 Å². The van der Waals surface area contributed by atoms with Crippen LogP contribution in [-0.2, 0) is 20.1 Å². The van der Waals surface area contributed by atoms with Gasteiger partial charge in [0.1, 0.15) is 5.58 Å². The second-order valence-electron chi connectivity index (χ2n) is 12.3. The molecule has 44 heavy (non-hydrogen) atoms. The number of pyridine rings is 1. The van der Waals surface area contributed by atoms with Crippen molar-refractivity contribution in [1.29, 1.82) is 0 Å². The van der Waals surface area contributed by atoms with Crippen molar-refractivity contribution >= 4 is 38.5 Å². The Morgan fingerprint density at radius 2 is 1.66 bits per heavy atom. The van der Waals surface area contributed by atoms with E-state index in [1.807, 2.05) is 66.7 Å². The number of hydrogen-bond acceptors (Lipinski definition) is 3. The Hall–Kier alpha value is -4.31. The zero-order chi connectivity index (χ0) is 29.6. The van der Waals surface area contributed by atoms with Crippen LogP contribution in [0.5, 0.6) is 0 Å². The van der Waals surface area contributed by atoms with Crippen molar-refractivity contribution in [3.05, 3.63) is 127 Å². The van der Waals surface area contributed by atoms with E-state index in [0.717, 1.165) is 56.5 Å². The van der Waals surface area contributed by atoms with Crippen LogP contribution in [0, 0.1) is 17.5 Å². The van der Waals surface area contributed by atoms with E-state index in [-0.39, 0.29) is 25.5 Å². The molecule has 0 spiro atoms. The molecule has 0 amide bonds. The van der Waals surface area contributed by atoms with Crippen molar-refractivity contribution in [2.75, 3.05) is 0 Å². The number of furan rings is 1. The molecule has 8 rings (SSSR count). The molecule has 0 aliphatic carbocycles. The van der Waals surface area contributed by atoms with E-state index in [9.17, 15) is 0 Å². The number of fused-ring (bicyclic) bond motifs is 3. The normalized spacial score (nSPS) is 14.2. The van der Waals surface area contributed by atoms with Crippen molar-refractivity contribution in [2.45, 2.75) is 40.2 Å². The smallest absolute Gasteiger partial charge is 0.120 e. The molecule has 0 bridgehead atoms. The molecule has 4 nitrogen and oxygen atoms in total. The van der Waals surface area contributed by atoms with Crippen LogP contribution < -0.4 is 0 Å². The number of imidazole rings is 1. The first-order valence-electron chi connectivity index (χ1n) is 14.8. The number of nitrogens with zero attached hydrogens (tertiary/aromatic N) is 3. The van der Waals surface area contributed by atoms with E-state index < -0.39 is 0 Å². The molecule has 1 aliphatic rings. The maximum absolute atomic E-state index is 5.97. The minimum atomic E-state index is 0. The van der Waals surface area contributed by atoms with Gasteiger partial charge in [0, 0.05) is 43.3 Å². The van der Waals surface area contributed by atoms with Gasteiger partial charge in [-0.1, -0.05) is 80.3 Å². The summed E-state index contributed by atoms with van der Waals surface area (Å²) in [6.45, 7) is 9.16. The molecule has 0 saturated carbocycles. The zero-order valence-corrected chi connectivity index (χ0v) is 27.7. The third-order valence-corrected chi connectivity index (χ3v) is 7.84. The van der Waals surface area contributed by atoms with Gasteiger partial charge in [0.25, 0.3) is 0 Å². The van der Waals surface area contributed by atoms with Gasteiger partial charge >= 0.3 is 0 Å². The summed E-state index contributed by atoms with van der Waals surface area (Å²) in [4.78, 5) is 9.31. The van der Waals surface area contributed by atoms with E-state index in [4.69, 9.17) is 9.40 Å². The van der Waals surface area contributed by atoms with E-state index in [2.05, 4.69) is 85.8 Å². The van der Waals surface area contributed by atoms with Crippen LogP contribution >= 0.6 is 0 Å². The first-order valence-corrected chi connectivity index (χ1v) is 14.8. The average molecular weight is 752 g/mol. The number of para-hydroxylation sites is 2. The van der Waals surface area contributed by atoms with Gasteiger partial charge in [-0.05, 0) is 48.2 Å². The van der Waals surface area contributed by atoms with Gasteiger partial charge in [0.15, 0.2) is 0 Å². The molecule has 0 fully saturated rings. The van der Waals surface area contributed by atoms with Crippen LogP contribution in [0.2, 0.25) is 0 Å². The van der Waals surface area contributed by atoms with Crippen molar-refractivity contribution in [3.63, 3.8) is 0 Å². The topological polar surface area (TPSA) is 43.9 Å². The summed E-state index contributed by atoms with van der Waals surface area (Å²) in [5.74, 6) is 1.01. The quantitative estimate of drug-likeness (QED) is 0.169. The summed E-state index contributed by atoms with van der Waals surface area (Å²) in [6.07, 6.45) is 5.26. The van der Waals surface area contributed by atoms with Crippen molar-refractivity contribution in [1.82, 2.24) is 14.5 Å². The minimum Gasteiger partial charge on any atom is -0.501 e. The molecule has 221 valence electrons. The second kappa shape index (κ2) is 12.0. The van der Waals surface area contributed by atoms with Crippen LogP contribution in [-0.4, -0.2) is 14.5 Å². The monoisotopic (exact) mass is 752 g/mol. The number of rotatable bonds is 3. The Morgan fingerprint density at radius 1 is 0.841 bits per heavy atom. The largest absolute Gasteiger partial charge is 0.501 e. The number of allylic oxidation sites excluding steroid dienone is 2. The standard InChI is InChI=1S/C22H23N2.C17H10NO.Ir/c1-15-13-17(14-22(2,3)4)18-11-8-12-19-20(18)24(15)21(23-19)16-9-6-5-7-10-16;1-2-10-16-12(6-1)13-7-5-8-14(17(13)19-16)15-9-3-4-11-18-15;/h5-9,11-13,15H,14H2,1-4H3;1-7,9-11H;/q2*-1;. The number of hydrogen-bond donors (Lipinski definition) is 0. The van der Waals surface area contributed by atoms with Crippen LogP contribution in [0.25, 0.3) is 61.2 Å². The van der Waals surface area contributed by atoms with Gasteiger partial charge in [-0.25, -0.2) is 0 Å². The van der Waals surface area contributed by atoms with E-state index in [0.29, 0.717) is 6.04 Å². The Kier molecular flexibility index (Phi) is 8.11. The van der Waals surface area contributed by atoms with E-state index >= 15 is 0 Å². The van der Waals surface area contributed by atoms with Crippen molar-refractivity contribution in [2.24, 2.45) is 5.41 Å². The molecule has 4 heterocycles. The molecule has 7 aromatic rings. The molecule has 0 N–H and O–H groups in total. The fraction of sp³-hybridized carbons (Fsp3) is 0.179. The molecular formula is C39H33IrN3O-2. The average Bonchev–Trinajstić information content (AvgIpc) is 3.60. The molecular weight excluding hydrogens is 719 g/mol. The fourth-order valence-electron chi connectivity index (χ4n) is 6.10. The van der Waals surface area contributed by atoms with Gasteiger partial charge in [0.2, 0.25) is 0 Å². The third kappa shape index (κ3) is 5.54. The Balaban J connectivity index is 0.000000156. The van der Waals surface area contributed by atoms with Gasteiger partial charge < -0.3 is 14.0 Å². The van der Waals surface area contributed by atoms with Crippen molar-refractivity contribution in [3.8, 4) is 22.6 Å². The predicted octanol–water partition coefficient (Wildman–Crippen LogP) is 10.3. The maximum atomic E-state index is 5.97. The third-order valence-electron chi connectivity index (χ3n) is 7.84. The summed E-state index contributed by atoms with van der Waals surface area (Å²) >= 11 is 0. The summed E-state index contributed by atoms with van der Waals surface area (Å²) in [6, 6.07) is 39.3. The summed E-state index contributed by atoms with van der Waals surface area (Å²) < 4.78 is 8.33. The molecule has 0 saturated heterocycles. The number of benzene rings is 4. The first-order chi connectivity index (χ1) is 20.9. The molecule has 5 heteroatoms. The van der Waals surface area contributed by atoms with Crippen molar-refractivity contribution < 1.29 is 24.5 Å². The van der Waals surface area contributed by atoms with Gasteiger partial charge in [-0.15, -0.1) is 54.1 Å². The van der Waals surface area contributed by atoms with Crippen LogP contribution in [0.3, 0.4) is 0 Å². The maximum Gasteiger partial charge on any atom is 0.120 e. The number of aromatic nitrogens is 3. The fourth-order valence-corrected chi connectivity index (χ4v) is 6.10. The predicted molar refractivity (Wildman–Crippen MR) is 177 cm³/mol. The van der Waals surface area contributed by atoms with E-state index in [1.165, 1.54) is 16.7 Å². The van der Waals surface area contributed by atoms with Crippen LogP contribution in [0.15, 0.2) is 114 Å². The minimum absolute atomic E-state index is 0. The van der Waals surface area contributed by atoms with Crippen LogP contribution in [0.1, 0.15) is 45.7 Å². The second-order valence-corrected chi connectivity index (χ2v) is 12.3. The zero-order valence-electron chi connectivity index (χ0n) is 25.3. The SMILES string of the molecule is CC1C=C(CC(C)(C)C)c2cccc3nc(-c4[c-]cccc4)n1c23.[Ir].[c-]1ccc2c(oc3ccccc32)c1-c1ccccn1. The molecule has 1 radical (unpaired) electrons. The van der Waals surface area contributed by atoms with Gasteiger partial charge in [0.05, 0.1) is 22.4 Å².